The standard InChI is InChI=1S/C13H13N3O3S/c17-11-4-3-8(6-14-11)15-12(18)9-7-20-13(16-9)10-2-1-5-19-10/h1-2,5,7-8H,3-4,6H2,(H,14,17)(H,15,18). The molecule has 3 heterocycles. The largest absolute Gasteiger partial charge is 0.462 e. The van der Waals surface area contributed by atoms with Gasteiger partial charge in [0.1, 0.15) is 5.69 Å². The molecule has 0 aliphatic carbocycles. The van der Waals surface area contributed by atoms with Gasteiger partial charge in [-0.15, -0.1) is 11.3 Å². The van der Waals surface area contributed by atoms with Crippen LogP contribution in [0, 0.1) is 0 Å². The minimum Gasteiger partial charge on any atom is -0.462 e. The van der Waals surface area contributed by atoms with Crippen molar-refractivity contribution in [2.45, 2.75) is 18.9 Å². The Morgan fingerprint density at radius 1 is 1.55 bits per heavy atom. The van der Waals surface area contributed by atoms with E-state index in [-0.39, 0.29) is 17.9 Å². The number of nitrogens with one attached hydrogen (secondary N) is 2. The minimum atomic E-state index is -0.222. The summed E-state index contributed by atoms with van der Waals surface area (Å²) in [7, 11) is 0. The zero-order valence-electron chi connectivity index (χ0n) is 10.6. The van der Waals surface area contributed by atoms with Gasteiger partial charge in [-0.3, -0.25) is 9.59 Å². The number of amides is 2. The van der Waals surface area contributed by atoms with Crippen LogP contribution in [0.25, 0.3) is 10.8 Å². The second-order valence-corrected chi connectivity index (χ2v) is 5.39. The zero-order valence-corrected chi connectivity index (χ0v) is 11.4. The van der Waals surface area contributed by atoms with Gasteiger partial charge in [0.2, 0.25) is 5.91 Å². The molecule has 2 amide bonds. The van der Waals surface area contributed by atoms with Crippen LogP contribution in [0.3, 0.4) is 0 Å². The minimum absolute atomic E-state index is 0.0317. The lowest BCUT2D eigenvalue weighted by Crippen LogP contribution is -2.47. The van der Waals surface area contributed by atoms with Crippen LogP contribution in [0.1, 0.15) is 23.3 Å². The number of thiazole rings is 1. The Hall–Kier alpha value is -2.15. The molecule has 2 aromatic heterocycles. The van der Waals surface area contributed by atoms with Gasteiger partial charge in [-0.25, -0.2) is 4.98 Å². The number of rotatable bonds is 3. The SMILES string of the molecule is O=C1CCC(NC(=O)c2csc(-c3ccco3)n2)CN1. The van der Waals surface area contributed by atoms with Crippen LogP contribution in [0.4, 0.5) is 0 Å². The van der Waals surface area contributed by atoms with Crippen LogP contribution >= 0.6 is 11.3 Å². The van der Waals surface area contributed by atoms with Crippen LogP contribution in [-0.4, -0.2) is 29.4 Å². The maximum Gasteiger partial charge on any atom is 0.271 e. The van der Waals surface area contributed by atoms with Crippen LogP contribution in [0.5, 0.6) is 0 Å². The molecule has 0 radical (unpaired) electrons. The molecule has 1 unspecified atom stereocenters. The first kappa shape index (κ1) is 12.9. The molecule has 1 saturated heterocycles. The van der Waals surface area contributed by atoms with Crippen molar-refractivity contribution in [2.75, 3.05) is 6.54 Å². The first-order chi connectivity index (χ1) is 9.72. The number of carbonyl (C=O) groups excluding carboxylic acids is 2. The predicted molar refractivity (Wildman–Crippen MR) is 73.3 cm³/mol. The first-order valence-corrected chi connectivity index (χ1v) is 7.17. The topological polar surface area (TPSA) is 84.2 Å². The predicted octanol–water partition coefficient (Wildman–Crippen LogP) is 1.41. The van der Waals surface area contributed by atoms with E-state index >= 15 is 0 Å². The van der Waals surface area contributed by atoms with E-state index in [0.29, 0.717) is 35.8 Å². The number of nitrogens with zero attached hydrogens (tertiary/aromatic N) is 1. The van der Waals surface area contributed by atoms with E-state index in [4.69, 9.17) is 4.42 Å². The maximum absolute atomic E-state index is 12.1. The normalized spacial score (nSPS) is 18.6. The fourth-order valence-electron chi connectivity index (χ4n) is 2.01. The van der Waals surface area contributed by atoms with Gasteiger partial charge in [0.15, 0.2) is 10.8 Å². The number of carbonyl (C=O) groups is 2. The molecule has 1 aliphatic heterocycles. The van der Waals surface area contributed by atoms with Gasteiger partial charge in [0.25, 0.3) is 5.91 Å². The molecule has 6 nitrogen and oxygen atoms in total. The molecule has 104 valence electrons. The number of piperidine rings is 1. The average molecular weight is 291 g/mol. The highest BCUT2D eigenvalue weighted by Gasteiger charge is 2.21. The summed E-state index contributed by atoms with van der Waals surface area (Å²) in [5.41, 5.74) is 0.373. The molecule has 3 rings (SSSR count). The Morgan fingerprint density at radius 2 is 2.45 bits per heavy atom. The summed E-state index contributed by atoms with van der Waals surface area (Å²) < 4.78 is 5.24. The molecule has 0 spiro atoms. The van der Waals surface area contributed by atoms with Gasteiger partial charge < -0.3 is 15.1 Å². The van der Waals surface area contributed by atoms with Gasteiger partial charge in [-0.1, -0.05) is 0 Å². The summed E-state index contributed by atoms with van der Waals surface area (Å²) in [6.07, 6.45) is 2.67. The van der Waals surface area contributed by atoms with E-state index in [9.17, 15) is 9.59 Å². The van der Waals surface area contributed by atoms with Gasteiger partial charge in [-0.2, -0.15) is 0 Å². The van der Waals surface area contributed by atoms with Crippen molar-refractivity contribution in [1.29, 1.82) is 0 Å². The molecule has 1 fully saturated rings. The second-order valence-electron chi connectivity index (χ2n) is 4.53. The Kier molecular flexibility index (Phi) is 3.51. The van der Waals surface area contributed by atoms with E-state index < -0.39 is 0 Å². The molecule has 1 aliphatic rings. The Balaban J connectivity index is 1.64. The van der Waals surface area contributed by atoms with Crippen molar-refractivity contribution in [3.8, 4) is 10.8 Å². The van der Waals surface area contributed by atoms with Gasteiger partial charge in [0, 0.05) is 24.4 Å². The summed E-state index contributed by atoms with van der Waals surface area (Å²) in [5, 5.41) is 7.99. The first-order valence-electron chi connectivity index (χ1n) is 6.29. The molecule has 1 atom stereocenters. The summed E-state index contributed by atoms with van der Waals surface area (Å²) in [5.74, 6) is 0.462. The van der Waals surface area contributed by atoms with Crippen molar-refractivity contribution >= 4 is 23.2 Å². The van der Waals surface area contributed by atoms with Crippen molar-refractivity contribution in [2.24, 2.45) is 0 Å². The van der Waals surface area contributed by atoms with Crippen molar-refractivity contribution < 1.29 is 14.0 Å². The quantitative estimate of drug-likeness (QED) is 0.895. The number of aromatic nitrogens is 1. The third-order valence-electron chi connectivity index (χ3n) is 3.07. The molecular formula is C13H13N3O3S. The second kappa shape index (κ2) is 5.46. The lowest BCUT2D eigenvalue weighted by Gasteiger charge is -2.22. The Labute approximate surface area is 119 Å². The molecule has 0 saturated carbocycles. The molecule has 0 aromatic carbocycles. The molecule has 2 N–H and O–H groups in total. The maximum atomic E-state index is 12.1. The van der Waals surface area contributed by atoms with E-state index in [2.05, 4.69) is 15.6 Å². The highest BCUT2D eigenvalue weighted by molar-refractivity contribution is 7.13. The van der Waals surface area contributed by atoms with Crippen LogP contribution in [0.2, 0.25) is 0 Å². The smallest absolute Gasteiger partial charge is 0.271 e. The third-order valence-corrected chi connectivity index (χ3v) is 3.93. The fourth-order valence-corrected chi connectivity index (χ4v) is 2.77. The molecule has 2 aromatic rings. The molecular weight excluding hydrogens is 278 g/mol. The highest BCUT2D eigenvalue weighted by atomic mass is 32.1. The van der Waals surface area contributed by atoms with Crippen molar-refractivity contribution in [3.63, 3.8) is 0 Å². The summed E-state index contributed by atoms with van der Waals surface area (Å²) in [4.78, 5) is 27.4. The van der Waals surface area contributed by atoms with E-state index in [1.54, 1.807) is 23.8 Å². The summed E-state index contributed by atoms with van der Waals surface area (Å²) in [6.45, 7) is 0.472. The molecule has 0 bridgehead atoms. The molecule has 20 heavy (non-hydrogen) atoms. The van der Waals surface area contributed by atoms with E-state index in [1.807, 2.05) is 0 Å². The lowest BCUT2D eigenvalue weighted by atomic mass is 10.1. The average Bonchev–Trinajstić information content (AvgIpc) is 3.11. The van der Waals surface area contributed by atoms with Gasteiger partial charge in [0.05, 0.1) is 6.26 Å². The lowest BCUT2D eigenvalue weighted by molar-refractivity contribution is -0.122. The zero-order chi connectivity index (χ0) is 13.9. The van der Waals surface area contributed by atoms with Crippen molar-refractivity contribution in [1.82, 2.24) is 15.6 Å². The third kappa shape index (κ3) is 2.72. The molecule has 7 heteroatoms. The summed E-state index contributed by atoms with van der Waals surface area (Å²) in [6, 6.07) is 3.55. The highest BCUT2D eigenvalue weighted by Crippen LogP contribution is 2.23. The van der Waals surface area contributed by atoms with Crippen LogP contribution in [0.15, 0.2) is 28.2 Å². The van der Waals surface area contributed by atoms with Crippen LogP contribution in [-0.2, 0) is 4.79 Å². The van der Waals surface area contributed by atoms with E-state index in [1.165, 1.54) is 11.3 Å². The monoisotopic (exact) mass is 291 g/mol. The fraction of sp³-hybridized carbons (Fsp3) is 0.308. The number of hydrogen-bond acceptors (Lipinski definition) is 5. The Morgan fingerprint density at radius 3 is 3.15 bits per heavy atom. The Bertz CT molecular complexity index is 611. The van der Waals surface area contributed by atoms with Gasteiger partial charge >= 0.3 is 0 Å². The van der Waals surface area contributed by atoms with E-state index in [0.717, 1.165) is 0 Å². The number of hydrogen-bond donors (Lipinski definition) is 2. The summed E-state index contributed by atoms with van der Waals surface area (Å²) >= 11 is 1.36. The van der Waals surface area contributed by atoms with Gasteiger partial charge in [-0.05, 0) is 18.6 Å². The number of furan rings is 1. The van der Waals surface area contributed by atoms with Crippen LogP contribution < -0.4 is 10.6 Å². The van der Waals surface area contributed by atoms with Crippen molar-refractivity contribution in [3.05, 3.63) is 29.5 Å².